The van der Waals surface area contributed by atoms with E-state index < -0.39 is 6.61 Å². The number of carbonyl (C=O) groups excluding carboxylic acids is 1. The Balaban J connectivity index is 1.67. The molecule has 5 heteroatoms. The highest BCUT2D eigenvalue weighted by Crippen LogP contribution is 2.17. The molecule has 2 N–H and O–H groups in total. The largest absolute Gasteiger partial charge is 0.387 e. The summed E-state index contributed by atoms with van der Waals surface area (Å²) in [5, 5.41) is 11.3. The minimum Gasteiger partial charge on any atom is -0.387 e. The third-order valence-electron chi connectivity index (χ3n) is 3.86. The van der Waals surface area contributed by atoms with Gasteiger partial charge in [0.1, 0.15) is 6.61 Å². The average Bonchev–Trinajstić information content (AvgIpc) is 2.52. The van der Waals surface area contributed by atoms with Gasteiger partial charge >= 0.3 is 0 Å². The summed E-state index contributed by atoms with van der Waals surface area (Å²) in [7, 11) is 0. The molecule has 1 fully saturated rings. The van der Waals surface area contributed by atoms with Crippen LogP contribution in [0.25, 0.3) is 0 Å². The second kappa shape index (κ2) is 8.00. The SMILES string of the molecule is Cc1cccc(N2CCN(CCCNC(=O)CO)CC2)c1. The van der Waals surface area contributed by atoms with Crippen molar-refractivity contribution in [1.82, 2.24) is 10.2 Å². The molecule has 0 saturated carbocycles. The van der Waals surface area contributed by atoms with Gasteiger partial charge in [-0.25, -0.2) is 0 Å². The maximum atomic E-state index is 10.9. The maximum absolute atomic E-state index is 10.9. The van der Waals surface area contributed by atoms with Crippen LogP contribution in [-0.2, 0) is 4.79 Å². The van der Waals surface area contributed by atoms with Crippen molar-refractivity contribution in [3.8, 4) is 0 Å². The van der Waals surface area contributed by atoms with E-state index in [1.807, 2.05) is 0 Å². The molecule has 1 saturated heterocycles. The predicted octanol–water partition coefficient (Wildman–Crippen LogP) is 0.616. The molecular formula is C16H25N3O2. The number of aliphatic hydroxyl groups is 1. The molecule has 1 heterocycles. The van der Waals surface area contributed by atoms with Gasteiger partial charge in [-0.1, -0.05) is 12.1 Å². The molecule has 0 spiro atoms. The lowest BCUT2D eigenvalue weighted by atomic mass is 10.2. The second-order valence-electron chi connectivity index (χ2n) is 5.53. The fourth-order valence-corrected chi connectivity index (χ4v) is 2.64. The van der Waals surface area contributed by atoms with Crippen LogP contribution in [0.1, 0.15) is 12.0 Å². The first-order valence-electron chi connectivity index (χ1n) is 7.60. The van der Waals surface area contributed by atoms with E-state index in [0.29, 0.717) is 6.54 Å². The summed E-state index contributed by atoms with van der Waals surface area (Å²) in [6.07, 6.45) is 0.927. The van der Waals surface area contributed by atoms with Crippen molar-refractivity contribution in [2.24, 2.45) is 0 Å². The molecule has 1 amide bonds. The smallest absolute Gasteiger partial charge is 0.245 e. The molecular weight excluding hydrogens is 266 g/mol. The van der Waals surface area contributed by atoms with Crippen LogP contribution in [0, 0.1) is 6.92 Å². The van der Waals surface area contributed by atoms with Crippen molar-refractivity contribution in [2.75, 3.05) is 50.8 Å². The van der Waals surface area contributed by atoms with Gasteiger partial charge in [0, 0.05) is 38.4 Å². The summed E-state index contributed by atoms with van der Waals surface area (Å²) >= 11 is 0. The molecule has 21 heavy (non-hydrogen) atoms. The van der Waals surface area contributed by atoms with Crippen molar-refractivity contribution in [3.05, 3.63) is 29.8 Å². The van der Waals surface area contributed by atoms with Crippen LogP contribution in [0.2, 0.25) is 0 Å². The molecule has 1 aromatic carbocycles. The van der Waals surface area contributed by atoms with E-state index in [9.17, 15) is 4.79 Å². The molecule has 0 aromatic heterocycles. The van der Waals surface area contributed by atoms with Gasteiger partial charge in [-0.3, -0.25) is 9.69 Å². The van der Waals surface area contributed by atoms with Crippen LogP contribution in [0.5, 0.6) is 0 Å². The van der Waals surface area contributed by atoms with Crippen molar-refractivity contribution in [2.45, 2.75) is 13.3 Å². The average molecular weight is 291 g/mol. The first-order valence-corrected chi connectivity index (χ1v) is 7.60. The standard InChI is InChI=1S/C16H25N3O2/c1-14-4-2-5-15(12-14)19-10-8-18(9-11-19)7-3-6-17-16(21)13-20/h2,4-5,12,20H,3,6-11,13H2,1H3,(H,17,21). The van der Waals surface area contributed by atoms with Crippen molar-refractivity contribution >= 4 is 11.6 Å². The quantitative estimate of drug-likeness (QED) is 0.754. The van der Waals surface area contributed by atoms with Crippen LogP contribution in [0.3, 0.4) is 0 Å². The molecule has 116 valence electrons. The number of nitrogens with one attached hydrogen (secondary N) is 1. The number of hydrogen-bond acceptors (Lipinski definition) is 4. The number of hydrogen-bond donors (Lipinski definition) is 2. The van der Waals surface area contributed by atoms with Gasteiger partial charge in [0.05, 0.1) is 0 Å². The van der Waals surface area contributed by atoms with E-state index in [1.54, 1.807) is 0 Å². The molecule has 5 nitrogen and oxygen atoms in total. The van der Waals surface area contributed by atoms with Crippen LogP contribution < -0.4 is 10.2 Å². The zero-order valence-electron chi connectivity index (χ0n) is 12.7. The van der Waals surface area contributed by atoms with Gasteiger partial charge in [0.2, 0.25) is 5.91 Å². The van der Waals surface area contributed by atoms with E-state index >= 15 is 0 Å². The van der Waals surface area contributed by atoms with Gasteiger partial charge in [0.25, 0.3) is 0 Å². The highest BCUT2D eigenvalue weighted by molar-refractivity contribution is 5.76. The summed E-state index contributed by atoms with van der Waals surface area (Å²) < 4.78 is 0. The van der Waals surface area contributed by atoms with Crippen LogP contribution in [-0.4, -0.2) is 61.8 Å². The predicted molar refractivity (Wildman–Crippen MR) is 84.5 cm³/mol. The molecule has 1 aliphatic rings. The van der Waals surface area contributed by atoms with Crippen LogP contribution in [0.4, 0.5) is 5.69 Å². The van der Waals surface area contributed by atoms with E-state index in [1.165, 1.54) is 11.3 Å². The zero-order valence-corrected chi connectivity index (χ0v) is 12.7. The first kappa shape index (κ1) is 15.8. The number of amides is 1. The van der Waals surface area contributed by atoms with Crippen LogP contribution in [0.15, 0.2) is 24.3 Å². The van der Waals surface area contributed by atoms with Crippen molar-refractivity contribution in [1.29, 1.82) is 0 Å². The number of anilines is 1. The van der Waals surface area contributed by atoms with Crippen molar-refractivity contribution < 1.29 is 9.90 Å². The Hall–Kier alpha value is -1.59. The Kier molecular flexibility index (Phi) is 6.02. The fraction of sp³-hybridized carbons (Fsp3) is 0.562. The van der Waals surface area contributed by atoms with Gasteiger partial charge in [0.15, 0.2) is 0 Å². The highest BCUT2D eigenvalue weighted by atomic mass is 16.3. The molecule has 0 unspecified atom stereocenters. The summed E-state index contributed by atoms with van der Waals surface area (Å²) in [6.45, 7) is 7.54. The zero-order chi connectivity index (χ0) is 15.1. The maximum Gasteiger partial charge on any atom is 0.245 e. The summed E-state index contributed by atoms with van der Waals surface area (Å²) in [5.74, 6) is -0.292. The summed E-state index contributed by atoms with van der Waals surface area (Å²) in [4.78, 5) is 15.8. The van der Waals surface area contributed by atoms with Gasteiger partial charge in [-0.2, -0.15) is 0 Å². The number of benzene rings is 1. The lowest BCUT2D eigenvalue weighted by Gasteiger charge is -2.36. The summed E-state index contributed by atoms with van der Waals surface area (Å²) in [6, 6.07) is 8.65. The Morgan fingerprint density at radius 1 is 1.29 bits per heavy atom. The molecule has 0 radical (unpaired) electrons. The topological polar surface area (TPSA) is 55.8 Å². The van der Waals surface area contributed by atoms with Gasteiger partial charge in [-0.15, -0.1) is 0 Å². The molecule has 1 aromatic rings. The van der Waals surface area contributed by atoms with Gasteiger partial charge in [-0.05, 0) is 37.6 Å². The minimum absolute atomic E-state index is 0.292. The second-order valence-corrected chi connectivity index (χ2v) is 5.53. The number of aliphatic hydroxyl groups excluding tert-OH is 1. The van der Waals surface area contributed by atoms with E-state index in [4.69, 9.17) is 5.11 Å². The number of aryl methyl sites for hydroxylation is 1. The van der Waals surface area contributed by atoms with Crippen LogP contribution >= 0.6 is 0 Å². The first-order chi connectivity index (χ1) is 10.2. The lowest BCUT2D eigenvalue weighted by Crippen LogP contribution is -2.47. The number of piperazine rings is 1. The lowest BCUT2D eigenvalue weighted by molar-refractivity contribution is -0.123. The third kappa shape index (κ3) is 5.02. The number of carbonyl (C=O) groups is 1. The summed E-state index contributed by atoms with van der Waals surface area (Å²) in [5.41, 5.74) is 2.61. The molecule has 2 rings (SSSR count). The molecule has 0 bridgehead atoms. The van der Waals surface area contributed by atoms with E-state index in [0.717, 1.165) is 39.1 Å². The monoisotopic (exact) mass is 291 g/mol. The molecule has 0 atom stereocenters. The number of rotatable bonds is 6. The van der Waals surface area contributed by atoms with Gasteiger partial charge < -0.3 is 15.3 Å². The van der Waals surface area contributed by atoms with E-state index in [-0.39, 0.29) is 5.91 Å². The molecule has 0 aliphatic carbocycles. The fourth-order valence-electron chi connectivity index (χ4n) is 2.64. The van der Waals surface area contributed by atoms with Crippen molar-refractivity contribution in [3.63, 3.8) is 0 Å². The Morgan fingerprint density at radius 2 is 2.05 bits per heavy atom. The number of nitrogens with zero attached hydrogens (tertiary/aromatic N) is 2. The highest BCUT2D eigenvalue weighted by Gasteiger charge is 2.16. The van der Waals surface area contributed by atoms with E-state index in [2.05, 4.69) is 46.3 Å². The Labute approximate surface area is 126 Å². The Bertz CT molecular complexity index is 457. The molecule has 1 aliphatic heterocycles. The minimum atomic E-state index is -0.421. The Morgan fingerprint density at radius 3 is 2.71 bits per heavy atom. The third-order valence-corrected chi connectivity index (χ3v) is 3.86. The normalized spacial score (nSPS) is 16.0.